The third kappa shape index (κ3) is 6.48. The van der Waals surface area contributed by atoms with Gasteiger partial charge < -0.3 is 14.4 Å². The van der Waals surface area contributed by atoms with Gasteiger partial charge in [-0.1, -0.05) is 29.8 Å². The van der Waals surface area contributed by atoms with Gasteiger partial charge in [0.1, 0.15) is 23.7 Å². The molecule has 0 bridgehead atoms. The fourth-order valence-corrected chi connectivity index (χ4v) is 5.89. The molecule has 2 N–H and O–H groups in total. The molecule has 1 amide bonds. The van der Waals surface area contributed by atoms with E-state index in [9.17, 15) is 24.1 Å². The fourth-order valence-electron chi connectivity index (χ4n) is 3.88. The topological polar surface area (TPSA) is 131 Å². The maximum atomic E-state index is 15.5. The molecule has 198 valence electrons. The minimum absolute atomic E-state index is 0.176. The van der Waals surface area contributed by atoms with Crippen LogP contribution in [0.5, 0.6) is 5.75 Å². The number of amides is 1. The molecule has 2 heterocycles. The number of allylic oxidation sites excluding steroid dienone is 1. The molecule has 0 saturated carbocycles. The lowest BCUT2D eigenvalue weighted by atomic mass is 9.97. The summed E-state index contributed by atoms with van der Waals surface area (Å²) in [6, 6.07) is 5.49. The number of benzene rings is 1. The van der Waals surface area contributed by atoms with E-state index < -0.39 is 62.6 Å². The van der Waals surface area contributed by atoms with Crippen molar-refractivity contribution in [3.05, 3.63) is 41.0 Å². The van der Waals surface area contributed by atoms with E-state index in [1.54, 1.807) is 26.0 Å². The molecule has 2 aliphatic heterocycles. The molecule has 36 heavy (non-hydrogen) atoms. The van der Waals surface area contributed by atoms with Crippen LogP contribution >= 0.6 is 23.7 Å². The molecule has 6 atom stereocenters. The number of aliphatic hydroxyl groups is 1. The van der Waals surface area contributed by atoms with Gasteiger partial charge in [-0.15, -0.1) is 0 Å². The molecule has 2 aliphatic rings. The van der Waals surface area contributed by atoms with Crippen LogP contribution in [0.2, 0.25) is 0 Å². The first-order valence-electron chi connectivity index (χ1n) is 11.3. The summed E-state index contributed by atoms with van der Waals surface area (Å²) in [5, 5.41) is 13.3. The summed E-state index contributed by atoms with van der Waals surface area (Å²) in [5.74, 6) is -1.50. The summed E-state index contributed by atoms with van der Waals surface area (Å²) in [4.78, 5) is 36.8. The van der Waals surface area contributed by atoms with E-state index in [1.807, 2.05) is 0 Å². The van der Waals surface area contributed by atoms with Crippen molar-refractivity contribution in [2.75, 3.05) is 6.61 Å². The summed E-state index contributed by atoms with van der Waals surface area (Å²) in [5.41, 5.74) is -2.43. The second-order valence-electron chi connectivity index (χ2n) is 9.18. The third-order valence-electron chi connectivity index (χ3n) is 5.85. The molecule has 0 spiro atoms. The van der Waals surface area contributed by atoms with E-state index in [2.05, 4.69) is 21.0 Å². The normalized spacial score (nSPS) is 28.9. The van der Waals surface area contributed by atoms with Gasteiger partial charge in [-0.05, 0) is 50.1 Å². The first kappa shape index (κ1) is 28.6. The Kier molecular flexibility index (Phi) is 8.91. The second kappa shape index (κ2) is 11.2. The van der Waals surface area contributed by atoms with E-state index in [0.717, 1.165) is 28.6 Å². The number of alkyl halides is 1. The number of hydrogen-bond donors (Lipinski definition) is 2. The highest BCUT2D eigenvalue weighted by Crippen LogP contribution is 2.47. The van der Waals surface area contributed by atoms with Crippen molar-refractivity contribution in [3.63, 3.8) is 0 Å². The van der Waals surface area contributed by atoms with Crippen LogP contribution in [0.25, 0.3) is 0 Å². The van der Waals surface area contributed by atoms with Crippen LogP contribution in [0.4, 0.5) is 4.39 Å². The number of ketones is 2. The Labute approximate surface area is 216 Å². The number of nitrogens with zero attached hydrogens (tertiary/aromatic N) is 1. The van der Waals surface area contributed by atoms with Crippen molar-refractivity contribution >= 4 is 41.2 Å². The summed E-state index contributed by atoms with van der Waals surface area (Å²) in [6.45, 7) is 5.30. The molecule has 0 radical (unpaired) electrons. The number of carbonyl (C=O) groups is 3. The number of aliphatic hydroxyl groups excluding tert-OH is 1. The molecular formula is C23H29BrFN2O8P. The summed E-state index contributed by atoms with van der Waals surface area (Å²) < 4.78 is 46.7. The first-order chi connectivity index (χ1) is 16.7. The van der Waals surface area contributed by atoms with Crippen molar-refractivity contribution in [2.45, 2.75) is 64.3 Å². The highest BCUT2D eigenvalue weighted by Gasteiger charge is 2.57. The van der Waals surface area contributed by atoms with Gasteiger partial charge in [0, 0.05) is 10.7 Å². The molecule has 1 unspecified atom stereocenters. The van der Waals surface area contributed by atoms with Crippen molar-refractivity contribution in [1.82, 2.24) is 9.99 Å². The van der Waals surface area contributed by atoms with E-state index in [0.29, 0.717) is 0 Å². The highest BCUT2D eigenvalue weighted by molar-refractivity contribution is 9.10. The Morgan fingerprint density at radius 2 is 2.00 bits per heavy atom. The average molecular weight is 591 g/mol. The maximum Gasteiger partial charge on any atom is 0.459 e. The quantitative estimate of drug-likeness (QED) is 0.311. The van der Waals surface area contributed by atoms with Crippen LogP contribution < -0.4 is 9.61 Å². The zero-order valence-corrected chi connectivity index (χ0v) is 22.7. The Bertz CT molecular complexity index is 1080. The van der Waals surface area contributed by atoms with Crippen LogP contribution in [-0.4, -0.2) is 64.2 Å². The molecule has 1 aromatic rings. The first-order valence-corrected chi connectivity index (χ1v) is 13.6. The third-order valence-corrected chi connectivity index (χ3v) is 7.92. The van der Waals surface area contributed by atoms with Gasteiger partial charge in [0.05, 0.1) is 19.1 Å². The van der Waals surface area contributed by atoms with Crippen LogP contribution in [0, 0.1) is 5.92 Å². The van der Waals surface area contributed by atoms with Crippen LogP contribution in [-0.2, 0) is 28.2 Å². The van der Waals surface area contributed by atoms with Gasteiger partial charge in [0.25, 0.3) is 0 Å². The number of rotatable bonds is 10. The van der Waals surface area contributed by atoms with E-state index >= 15 is 4.39 Å². The van der Waals surface area contributed by atoms with Crippen molar-refractivity contribution in [3.8, 4) is 5.75 Å². The predicted octanol–water partition coefficient (Wildman–Crippen LogP) is 3.28. The lowest BCUT2D eigenvalue weighted by Gasteiger charge is -2.32. The molecule has 1 aromatic carbocycles. The monoisotopic (exact) mass is 590 g/mol. The Morgan fingerprint density at radius 3 is 2.56 bits per heavy atom. The predicted molar refractivity (Wildman–Crippen MR) is 131 cm³/mol. The van der Waals surface area contributed by atoms with Gasteiger partial charge in [0.15, 0.2) is 17.7 Å². The van der Waals surface area contributed by atoms with E-state index in [4.69, 9.17) is 13.8 Å². The molecule has 1 fully saturated rings. The highest BCUT2D eigenvalue weighted by atomic mass is 79.9. The number of halogens is 2. The number of hydrogen-bond acceptors (Lipinski definition) is 8. The van der Waals surface area contributed by atoms with Gasteiger partial charge >= 0.3 is 7.75 Å². The zero-order chi connectivity index (χ0) is 26.8. The van der Waals surface area contributed by atoms with Gasteiger partial charge in [0.2, 0.25) is 5.91 Å². The van der Waals surface area contributed by atoms with Crippen molar-refractivity contribution in [2.24, 2.45) is 5.92 Å². The average Bonchev–Trinajstić information content (AvgIpc) is 3.01. The van der Waals surface area contributed by atoms with Crippen molar-refractivity contribution < 1.29 is 42.2 Å². The van der Waals surface area contributed by atoms with Crippen LogP contribution in [0.3, 0.4) is 0 Å². The minimum atomic E-state index is -4.25. The standard InChI is InChI=1S/C23H29BrFN2O8P/c1-13(2)20(14(3)28)26-36(32,35-17-7-5-15(24)6-8-17)33-12-18-21(31)23(4,25)22(34-18)27-10-9-16(29)11-19(27)30/h5-10,13,18,20-22,31H,11-12H2,1-4H3,(H,26,32)/t18-,20+,21-,22-,23-,36?/m1/s1. The van der Waals surface area contributed by atoms with E-state index in [-0.39, 0.29) is 17.5 Å². The maximum absolute atomic E-state index is 15.5. The smallest absolute Gasteiger partial charge is 0.413 e. The Morgan fingerprint density at radius 1 is 1.36 bits per heavy atom. The van der Waals surface area contributed by atoms with Gasteiger partial charge in [-0.25, -0.2) is 14.0 Å². The SMILES string of the molecule is CC(=O)[C@@H](NP(=O)(OC[C@H]1O[C@@H](N2C=CC(=O)CC2=O)[C@](C)(F)[C@@H]1O)Oc1ccc(Br)cc1)C(C)C. The van der Waals surface area contributed by atoms with Gasteiger partial charge in [-0.3, -0.25) is 23.8 Å². The van der Waals surface area contributed by atoms with Crippen LogP contribution in [0.1, 0.15) is 34.1 Å². The molecule has 1 saturated heterocycles. The Balaban J connectivity index is 1.81. The number of ether oxygens (including phenoxy) is 1. The Hall–Kier alpha value is -1.95. The molecule has 0 aliphatic carbocycles. The summed E-state index contributed by atoms with van der Waals surface area (Å²) in [7, 11) is -4.25. The molecule has 10 nitrogen and oxygen atoms in total. The largest absolute Gasteiger partial charge is 0.459 e. The lowest BCUT2D eigenvalue weighted by Crippen LogP contribution is -2.51. The molecule has 3 rings (SSSR count). The van der Waals surface area contributed by atoms with Crippen LogP contribution in [0.15, 0.2) is 41.0 Å². The van der Waals surface area contributed by atoms with E-state index in [1.165, 1.54) is 19.1 Å². The number of Topliss-reactive ketones (excluding diaryl/α,β-unsaturated/α-hetero) is 1. The molecule has 0 aromatic heterocycles. The molecular weight excluding hydrogens is 562 g/mol. The molecule has 13 heteroatoms. The second-order valence-corrected chi connectivity index (χ2v) is 11.8. The summed E-state index contributed by atoms with van der Waals surface area (Å²) in [6.07, 6.45) is -2.88. The minimum Gasteiger partial charge on any atom is -0.413 e. The summed E-state index contributed by atoms with van der Waals surface area (Å²) >= 11 is 3.29. The fraction of sp³-hybridized carbons (Fsp3) is 0.522. The zero-order valence-electron chi connectivity index (χ0n) is 20.2. The van der Waals surface area contributed by atoms with Gasteiger partial charge in [-0.2, -0.15) is 0 Å². The van der Waals surface area contributed by atoms with Crippen molar-refractivity contribution in [1.29, 1.82) is 0 Å². The number of nitrogens with one attached hydrogen (secondary N) is 1. The lowest BCUT2D eigenvalue weighted by molar-refractivity contribution is -0.150. The number of carbonyl (C=O) groups excluding carboxylic acids is 3.